The summed E-state index contributed by atoms with van der Waals surface area (Å²) in [6, 6.07) is 3.86. The normalized spacial score (nSPS) is 11.4. The van der Waals surface area contributed by atoms with Gasteiger partial charge in [-0.05, 0) is 18.2 Å². The van der Waals surface area contributed by atoms with Gasteiger partial charge in [-0.1, -0.05) is 0 Å². The first kappa shape index (κ1) is 13.3. The third-order valence-corrected chi connectivity index (χ3v) is 2.85. The maximum Gasteiger partial charge on any atom is 0.333 e. The molecule has 2 rings (SSSR count). The molecular weight excluding hydrogens is 281 g/mol. The van der Waals surface area contributed by atoms with Crippen molar-refractivity contribution < 1.29 is 18.0 Å². The second-order valence-corrected chi connectivity index (χ2v) is 4.35. The average Bonchev–Trinajstić information content (AvgIpc) is 2.97. The fourth-order valence-corrected chi connectivity index (χ4v) is 1.86. The number of carbonyl (C=O) groups excluding carboxylic acids is 1. The Morgan fingerprint density at radius 3 is 2.89 bits per heavy atom. The van der Waals surface area contributed by atoms with Crippen LogP contribution in [0.15, 0.2) is 29.5 Å². The second-order valence-electron chi connectivity index (χ2n) is 3.28. The number of hydrazone groups is 1. The summed E-state index contributed by atoms with van der Waals surface area (Å²) in [7, 11) is 0. The van der Waals surface area contributed by atoms with E-state index in [4.69, 9.17) is 0 Å². The average molecular weight is 288 g/mol. The monoisotopic (exact) mass is 288 g/mol. The number of carbonyl (C=O) groups is 1. The van der Waals surface area contributed by atoms with Crippen molar-refractivity contribution >= 4 is 23.5 Å². The van der Waals surface area contributed by atoms with Crippen LogP contribution in [0.4, 0.5) is 13.2 Å². The summed E-state index contributed by atoms with van der Waals surface area (Å²) in [5, 5.41) is 6.47. The summed E-state index contributed by atoms with van der Waals surface area (Å²) >= 11 is 0.840. The predicted octanol–water partition coefficient (Wildman–Crippen LogP) is 2.24. The van der Waals surface area contributed by atoms with Gasteiger partial charge in [-0.3, -0.25) is 4.79 Å². The van der Waals surface area contributed by atoms with Crippen LogP contribution in [0.3, 0.4) is 0 Å². The number of amides is 1. The van der Waals surface area contributed by atoms with Crippen molar-refractivity contribution in [2.45, 2.75) is 6.55 Å². The molecule has 0 saturated carbocycles. The number of hydrogen-bond donors (Lipinski definition) is 1. The lowest BCUT2D eigenvalue weighted by atomic mass is 10.4. The number of aromatic nitrogens is 2. The Kier molecular flexibility index (Phi) is 3.95. The van der Waals surface area contributed by atoms with Crippen molar-refractivity contribution in [3.05, 3.63) is 40.1 Å². The topological polar surface area (TPSA) is 59.3 Å². The summed E-state index contributed by atoms with van der Waals surface area (Å²) in [6.07, 6.45) is 2.30. The van der Waals surface area contributed by atoms with Crippen molar-refractivity contribution in [3.8, 4) is 0 Å². The summed E-state index contributed by atoms with van der Waals surface area (Å²) in [6.45, 7) is -2.91. The molecule has 0 aliphatic carbocycles. The van der Waals surface area contributed by atoms with Gasteiger partial charge in [0, 0.05) is 6.20 Å². The highest BCUT2D eigenvalue weighted by molar-refractivity contribution is 7.12. The van der Waals surface area contributed by atoms with Crippen LogP contribution in [0.1, 0.15) is 21.9 Å². The molecule has 9 heteroatoms. The Hall–Kier alpha value is -2.16. The van der Waals surface area contributed by atoms with Crippen molar-refractivity contribution in [1.82, 2.24) is 15.2 Å². The third kappa shape index (κ3) is 3.19. The zero-order valence-corrected chi connectivity index (χ0v) is 10.1. The highest BCUT2D eigenvalue weighted by Gasteiger charge is 2.17. The van der Waals surface area contributed by atoms with Crippen LogP contribution in [0.2, 0.25) is 0 Å². The Morgan fingerprint density at radius 1 is 1.47 bits per heavy atom. The van der Waals surface area contributed by atoms with Crippen LogP contribution in [0.5, 0.6) is 0 Å². The summed E-state index contributed by atoms with van der Waals surface area (Å²) in [4.78, 5) is 12.0. The van der Waals surface area contributed by atoms with Gasteiger partial charge in [0.05, 0.1) is 11.1 Å². The number of thiophene rings is 1. The van der Waals surface area contributed by atoms with E-state index < -0.39 is 12.5 Å². The van der Waals surface area contributed by atoms with E-state index in [1.165, 1.54) is 18.3 Å². The second kappa shape index (κ2) is 5.65. The molecule has 0 aliphatic rings. The van der Waals surface area contributed by atoms with Crippen LogP contribution in [-0.2, 0) is 0 Å². The standard InChI is InChI=1S/C10H7F3N4OS/c11-8-2-1-6(19-8)5-14-16-9(18)7-3-4-15-17(7)10(12)13/h1-5,10H,(H,16,18). The molecule has 0 unspecified atom stereocenters. The molecule has 5 nitrogen and oxygen atoms in total. The molecule has 0 aliphatic heterocycles. The molecule has 0 atom stereocenters. The van der Waals surface area contributed by atoms with Crippen LogP contribution in [0.25, 0.3) is 0 Å². The lowest BCUT2D eigenvalue weighted by Crippen LogP contribution is -2.22. The number of rotatable bonds is 4. The lowest BCUT2D eigenvalue weighted by Gasteiger charge is -2.03. The molecule has 0 saturated heterocycles. The van der Waals surface area contributed by atoms with Crippen molar-refractivity contribution in [3.63, 3.8) is 0 Å². The van der Waals surface area contributed by atoms with Gasteiger partial charge in [0.2, 0.25) is 0 Å². The molecular formula is C10H7F3N4OS. The highest BCUT2D eigenvalue weighted by Crippen LogP contribution is 2.12. The fraction of sp³-hybridized carbons (Fsp3) is 0.100. The minimum absolute atomic E-state index is 0.273. The van der Waals surface area contributed by atoms with Gasteiger partial charge in [-0.2, -0.15) is 28.1 Å². The van der Waals surface area contributed by atoms with Crippen LogP contribution < -0.4 is 5.43 Å². The maximum absolute atomic E-state index is 12.7. The van der Waals surface area contributed by atoms with E-state index in [0.29, 0.717) is 4.88 Å². The number of halogens is 3. The Morgan fingerprint density at radius 2 is 2.26 bits per heavy atom. The maximum atomic E-state index is 12.7. The van der Waals surface area contributed by atoms with Gasteiger partial charge in [0.1, 0.15) is 5.69 Å². The van der Waals surface area contributed by atoms with Gasteiger partial charge in [0.15, 0.2) is 5.13 Å². The zero-order valence-electron chi connectivity index (χ0n) is 9.26. The quantitative estimate of drug-likeness (QED) is 0.693. The lowest BCUT2D eigenvalue weighted by molar-refractivity contribution is 0.0510. The minimum atomic E-state index is -2.91. The molecule has 0 spiro atoms. The SMILES string of the molecule is O=C(NN=Cc1ccc(F)s1)c1ccnn1C(F)F. The summed E-state index contributed by atoms with van der Waals surface area (Å²) < 4.78 is 37.8. The van der Waals surface area contributed by atoms with Crippen molar-refractivity contribution in [1.29, 1.82) is 0 Å². The van der Waals surface area contributed by atoms with E-state index in [0.717, 1.165) is 23.6 Å². The molecule has 0 aromatic carbocycles. The first-order valence-corrected chi connectivity index (χ1v) is 5.80. The predicted molar refractivity (Wildman–Crippen MR) is 62.8 cm³/mol. The summed E-state index contributed by atoms with van der Waals surface area (Å²) in [5.74, 6) is -0.828. The van der Waals surface area contributed by atoms with Gasteiger partial charge in [-0.15, -0.1) is 11.3 Å². The Bertz CT molecular complexity index is 607. The zero-order chi connectivity index (χ0) is 13.8. The number of hydrogen-bond acceptors (Lipinski definition) is 4. The number of nitrogens with zero attached hydrogens (tertiary/aromatic N) is 3. The molecule has 0 fully saturated rings. The molecule has 1 amide bonds. The molecule has 2 heterocycles. The van der Waals surface area contributed by atoms with E-state index >= 15 is 0 Å². The largest absolute Gasteiger partial charge is 0.333 e. The van der Waals surface area contributed by atoms with E-state index in [-0.39, 0.29) is 15.5 Å². The molecule has 2 aromatic heterocycles. The molecule has 0 radical (unpaired) electrons. The molecule has 2 aromatic rings. The van der Waals surface area contributed by atoms with Gasteiger partial charge in [-0.25, -0.2) is 5.43 Å². The van der Waals surface area contributed by atoms with Gasteiger partial charge < -0.3 is 0 Å². The van der Waals surface area contributed by atoms with E-state index in [1.807, 2.05) is 0 Å². The molecule has 1 N–H and O–H groups in total. The fourth-order valence-electron chi connectivity index (χ4n) is 1.26. The Labute approximate surface area is 109 Å². The Balaban J connectivity index is 2.01. The van der Waals surface area contributed by atoms with Gasteiger partial charge in [0.25, 0.3) is 5.91 Å². The van der Waals surface area contributed by atoms with Crippen LogP contribution in [0, 0.1) is 5.13 Å². The molecule has 19 heavy (non-hydrogen) atoms. The smallest absolute Gasteiger partial charge is 0.266 e. The first-order chi connectivity index (χ1) is 9.08. The van der Waals surface area contributed by atoms with Crippen molar-refractivity contribution in [2.75, 3.05) is 0 Å². The van der Waals surface area contributed by atoms with Crippen LogP contribution in [-0.4, -0.2) is 21.9 Å². The van der Waals surface area contributed by atoms with E-state index in [1.54, 1.807) is 0 Å². The van der Waals surface area contributed by atoms with E-state index in [2.05, 4.69) is 15.6 Å². The highest BCUT2D eigenvalue weighted by atomic mass is 32.1. The molecule has 100 valence electrons. The molecule has 0 bridgehead atoms. The third-order valence-electron chi connectivity index (χ3n) is 2.04. The number of nitrogens with one attached hydrogen (secondary N) is 1. The number of alkyl halides is 2. The van der Waals surface area contributed by atoms with Crippen molar-refractivity contribution in [2.24, 2.45) is 5.10 Å². The van der Waals surface area contributed by atoms with Crippen LogP contribution >= 0.6 is 11.3 Å². The summed E-state index contributed by atoms with van der Waals surface area (Å²) in [5.41, 5.74) is 1.74. The van der Waals surface area contributed by atoms with Gasteiger partial charge >= 0.3 is 6.55 Å². The minimum Gasteiger partial charge on any atom is -0.266 e. The van der Waals surface area contributed by atoms with E-state index in [9.17, 15) is 18.0 Å². The first-order valence-electron chi connectivity index (χ1n) is 4.98.